The molecule has 0 aromatic heterocycles. The van der Waals surface area contributed by atoms with E-state index in [0.29, 0.717) is 18.0 Å². The van der Waals surface area contributed by atoms with Crippen molar-refractivity contribution in [3.8, 4) is 0 Å². The van der Waals surface area contributed by atoms with E-state index in [1.54, 1.807) is 0 Å². The topological polar surface area (TPSA) is 55.1 Å². The molecule has 3 nitrogen and oxygen atoms in total. The first-order valence-electron chi connectivity index (χ1n) is 6.39. The van der Waals surface area contributed by atoms with Gasteiger partial charge < -0.3 is 11.1 Å². The third-order valence-corrected chi connectivity index (χ3v) is 4.35. The molecule has 3 N–H and O–H groups in total. The van der Waals surface area contributed by atoms with Crippen LogP contribution in [0.25, 0.3) is 0 Å². The number of nitrogens with two attached hydrogens (primary N) is 1. The van der Waals surface area contributed by atoms with Gasteiger partial charge in [-0.25, -0.2) is 0 Å². The largest absolute Gasteiger partial charge is 0.397 e. The average Bonchev–Trinajstić information content (AvgIpc) is 2.35. The number of nitrogen functional groups attached to an aromatic ring is 1. The van der Waals surface area contributed by atoms with Crippen molar-refractivity contribution in [2.24, 2.45) is 5.92 Å². The number of benzene rings is 1. The van der Waals surface area contributed by atoms with Crippen LogP contribution in [0.1, 0.15) is 24.8 Å². The van der Waals surface area contributed by atoms with Gasteiger partial charge in [0.15, 0.2) is 0 Å². The fraction of sp³-hybridized carbons (Fsp3) is 0.500. The number of anilines is 2. The maximum Gasteiger partial charge on any atom is 0.224 e. The summed E-state index contributed by atoms with van der Waals surface area (Å²) < 4.78 is 0. The first kappa shape index (κ1) is 13.3. The zero-order valence-corrected chi connectivity index (χ0v) is 11.6. The molecule has 1 saturated heterocycles. The van der Waals surface area contributed by atoms with Gasteiger partial charge >= 0.3 is 0 Å². The fourth-order valence-corrected chi connectivity index (χ4v) is 3.40. The highest BCUT2D eigenvalue weighted by atomic mass is 32.2. The maximum absolute atomic E-state index is 12.0. The highest BCUT2D eigenvalue weighted by molar-refractivity contribution is 7.99. The summed E-state index contributed by atoms with van der Waals surface area (Å²) in [5, 5.41) is 2.93. The van der Waals surface area contributed by atoms with Crippen molar-refractivity contribution >= 4 is 29.0 Å². The summed E-state index contributed by atoms with van der Waals surface area (Å²) in [5.41, 5.74) is 8.33. The molecule has 2 rings (SSSR count). The number of thioether (sulfide) groups is 1. The monoisotopic (exact) mass is 264 g/mol. The zero-order valence-electron chi connectivity index (χ0n) is 10.7. The van der Waals surface area contributed by atoms with E-state index in [4.69, 9.17) is 5.73 Å². The minimum Gasteiger partial charge on any atom is -0.397 e. The van der Waals surface area contributed by atoms with Crippen LogP contribution >= 0.6 is 11.8 Å². The van der Waals surface area contributed by atoms with Crippen molar-refractivity contribution in [2.75, 3.05) is 22.6 Å². The van der Waals surface area contributed by atoms with E-state index in [9.17, 15) is 4.79 Å². The molecule has 0 radical (unpaired) electrons. The second-order valence-corrected chi connectivity index (χ2v) is 6.12. The lowest BCUT2D eigenvalue weighted by Gasteiger charge is -2.20. The summed E-state index contributed by atoms with van der Waals surface area (Å²) in [4.78, 5) is 12.0. The van der Waals surface area contributed by atoms with Gasteiger partial charge in [-0.15, -0.1) is 0 Å². The first-order valence-corrected chi connectivity index (χ1v) is 7.54. The Morgan fingerprint density at radius 3 is 2.89 bits per heavy atom. The Hall–Kier alpha value is -1.16. The van der Waals surface area contributed by atoms with Gasteiger partial charge in [0.2, 0.25) is 5.91 Å². The van der Waals surface area contributed by atoms with Gasteiger partial charge in [-0.05, 0) is 54.9 Å². The lowest BCUT2D eigenvalue weighted by molar-refractivity contribution is -0.117. The van der Waals surface area contributed by atoms with Crippen molar-refractivity contribution in [2.45, 2.75) is 26.2 Å². The normalized spacial score (nSPS) is 16.5. The smallest absolute Gasteiger partial charge is 0.224 e. The predicted molar refractivity (Wildman–Crippen MR) is 78.9 cm³/mol. The molecule has 18 heavy (non-hydrogen) atoms. The standard InChI is InChI=1S/C14H20N2OS/c1-10-2-3-12(15)13(8-10)16-14(17)9-11-4-6-18-7-5-11/h2-3,8,11H,4-7,9,15H2,1H3,(H,16,17). The highest BCUT2D eigenvalue weighted by Crippen LogP contribution is 2.26. The molecule has 1 aromatic rings. The molecule has 0 bridgehead atoms. The summed E-state index contributed by atoms with van der Waals surface area (Å²) >= 11 is 1.98. The number of hydrogen-bond acceptors (Lipinski definition) is 3. The molecule has 0 saturated carbocycles. The lowest BCUT2D eigenvalue weighted by atomic mass is 9.98. The van der Waals surface area contributed by atoms with E-state index in [2.05, 4.69) is 5.32 Å². The number of carbonyl (C=O) groups is 1. The molecule has 98 valence electrons. The Morgan fingerprint density at radius 2 is 2.17 bits per heavy atom. The van der Waals surface area contributed by atoms with Gasteiger partial charge in [0.05, 0.1) is 11.4 Å². The van der Waals surface area contributed by atoms with E-state index >= 15 is 0 Å². The molecule has 0 unspecified atom stereocenters. The zero-order chi connectivity index (χ0) is 13.0. The number of nitrogens with one attached hydrogen (secondary N) is 1. The molecule has 1 aliphatic rings. The Labute approximate surface area is 113 Å². The molecule has 1 heterocycles. The van der Waals surface area contributed by atoms with Crippen molar-refractivity contribution in [1.82, 2.24) is 0 Å². The molecule has 1 amide bonds. The van der Waals surface area contributed by atoms with Gasteiger partial charge in [-0.3, -0.25) is 4.79 Å². The summed E-state index contributed by atoms with van der Waals surface area (Å²) in [7, 11) is 0. The summed E-state index contributed by atoms with van der Waals surface area (Å²) in [6.45, 7) is 1.99. The molecular weight excluding hydrogens is 244 g/mol. The first-order chi connectivity index (χ1) is 8.65. The van der Waals surface area contributed by atoms with Crippen molar-refractivity contribution in [3.63, 3.8) is 0 Å². The summed E-state index contributed by atoms with van der Waals surface area (Å²) in [6, 6.07) is 5.70. The highest BCUT2D eigenvalue weighted by Gasteiger charge is 2.17. The predicted octanol–water partition coefficient (Wildman–Crippen LogP) is 3.05. The van der Waals surface area contributed by atoms with Gasteiger partial charge in [-0.2, -0.15) is 11.8 Å². The van der Waals surface area contributed by atoms with Crippen LogP contribution in [0.15, 0.2) is 18.2 Å². The molecule has 1 fully saturated rings. The van der Waals surface area contributed by atoms with Crippen LogP contribution in [0.2, 0.25) is 0 Å². The van der Waals surface area contributed by atoms with Crippen LogP contribution in [-0.2, 0) is 4.79 Å². The third kappa shape index (κ3) is 3.67. The second-order valence-electron chi connectivity index (χ2n) is 4.90. The van der Waals surface area contributed by atoms with E-state index in [1.807, 2.05) is 36.9 Å². The van der Waals surface area contributed by atoms with Crippen LogP contribution in [0.4, 0.5) is 11.4 Å². The number of hydrogen-bond donors (Lipinski definition) is 2. The van der Waals surface area contributed by atoms with Crippen molar-refractivity contribution < 1.29 is 4.79 Å². The molecule has 0 atom stereocenters. The Morgan fingerprint density at radius 1 is 1.44 bits per heavy atom. The number of aryl methyl sites for hydroxylation is 1. The Balaban J connectivity index is 1.92. The quantitative estimate of drug-likeness (QED) is 0.825. The van der Waals surface area contributed by atoms with Crippen LogP contribution in [-0.4, -0.2) is 17.4 Å². The molecule has 0 spiro atoms. The minimum absolute atomic E-state index is 0.0872. The molecular formula is C14H20N2OS. The molecule has 1 aliphatic heterocycles. The second kappa shape index (κ2) is 6.14. The van der Waals surface area contributed by atoms with Crippen molar-refractivity contribution in [3.05, 3.63) is 23.8 Å². The van der Waals surface area contributed by atoms with Crippen molar-refractivity contribution in [1.29, 1.82) is 0 Å². The molecule has 0 aliphatic carbocycles. The van der Waals surface area contributed by atoms with Gasteiger partial charge in [-0.1, -0.05) is 6.07 Å². The number of carbonyl (C=O) groups excluding carboxylic acids is 1. The van der Waals surface area contributed by atoms with E-state index in [1.165, 1.54) is 11.5 Å². The Kier molecular flexibility index (Phi) is 4.53. The van der Waals surface area contributed by atoms with Gasteiger partial charge in [0.25, 0.3) is 0 Å². The van der Waals surface area contributed by atoms with Crippen LogP contribution in [0.5, 0.6) is 0 Å². The Bertz CT molecular complexity index is 428. The lowest BCUT2D eigenvalue weighted by Crippen LogP contribution is -2.20. The maximum atomic E-state index is 12.0. The minimum atomic E-state index is 0.0872. The van der Waals surface area contributed by atoms with Crippen LogP contribution < -0.4 is 11.1 Å². The number of rotatable bonds is 3. The summed E-state index contributed by atoms with van der Waals surface area (Å²) in [6.07, 6.45) is 2.93. The van der Waals surface area contributed by atoms with E-state index in [-0.39, 0.29) is 5.91 Å². The van der Waals surface area contributed by atoms with Crippen LogP contribution in [0, 0.1) is 12.8 Å². The number of amides is 1. The van der Waals surface area contributed by atoms with E-state index < -0.39 is 0 Å². The average molecular weight is 264 g/mol. The van der Waals surface area contributed by atoms with Gasteiger partial charge in [0, 0.05) is 6.42 Å². The van der Waals surface area contributed by atoms with Gasteiger partial charge in [0.1, 0.15) is 0 Å². The van der Waals surface area contributed by atoms with Crippen LogP contribution in [0.3, 0.4) is 0 Å². The SMILES string of the molecule is Cc1ccc(N)c(NC(=O)CC2CCSCC2)c1. The molecule has 4 heteroatoms. The summed E-state index contributed by atoms with van der Waals surface area (Å²) in [5.74, 6) is 3.00. The van der Waals surface area contributed by atoms with E-state index in [0.717, 1.165) is 24.1 Å². The molecule has 1 aromatic carbocycles. The fourth-order valence-electron chi connectivity index (χ4n) is 2.19. The third-order valence-electron chi connectivity index (χ3n) is 3.30.